The van der Waals surface area contributed by atoms with Crippen molar-refractivity contribution in [2.24, 2.45) is 5.73 Å². The quantitative estimate of drug-likeness (QED) is 0.564. The number of pyridine rings is 1. The number of benzene rings is 2. The minimum atomic E-state index is -0.00213. The van der Waals surface area contributed by atoms with Crippen molar-refractivity contribution in [2.75, 3.05) is 13.2 Å². The molecule has 1 aromatic heterocycles. The summed E-state index contributed by atoms with van der Waals surface area (Å²) in [6.07, 6.45) is 0.766. The number of ether oxygens (including phenoxy) is 1. The van der Waals surface area contributed by atoms with Crippen LogP contribution in [0.25, 0.3) is 21.8 Å². The van der Waals surface area contributed by atoms with E-state index in [4.69, 9.17) is 10.5 Å². The molecule has 0 saturated carbocycles. The second-order valence-corrected chi connectivity index (χ2v) is 4.67. The van der Waals surface area contributed by atoms with Gasteiger partial charge < -0.3 is 15.5 Å². The second-order valence-electron chi connectivity index (χ2n) is 4.67. The van der Waals surface area contributed by atoms with Crippen molar-refractivity contribution in [3.05, 3.63) is 52.7 Å². The van der Waals surface area contributed by atoms with Gasteiger partial charge in [0.1, 0.15) is 5.75 Å². The second kappa shape index (κ2) is 5.35. The fraction of sp³-hybridized carbons (Fsp3) is 0.188. The highest BCUT2D eigenvalue weighted by molar-refractivity contribution is 5.95. The van der Waals surface area contributed by atoms with E-state index in [1.165, 1.54) is 0 Å². The number of aromatic amines is 1. The lowest BCUT2D eigenvalue weighted by Crippen LogP contribution is -2.09. The molecule has 0 amide bonds. The predicted molar refractivity (Wildman–Crippen MR) is 81.2 cm³/mol. The monoisotopic (exact) mass is 268 g/mol. The van der Waals surface area contributed by atoms with Gasteiger partial charge >= 0.3 is 0 Å². The fourth-order valence-corrected chi connectivity index (χ4v) is 2.33. The molecule has 3 aromatic rings. The minimum Gasteiger partial charge on any atom is -0.493 e. The molecular weight excluding hydrogens is 252 g/mol. The summed E-state index contributed by atoms with van der Waals surface area (Å²) < 4.78 is 5.69. The summed E-state index contributed by atoms with van der Waals surface area (Å²) in [5, 5.41) is 1.28. The number of H-pyrrole nitrogens is 1. The number of rotatable bonds is 4. The smallest absolute Gasteiger partial charge is 0.200 e. The molecule has 0 bridgehead atoms. The van der Waals surface area contributed by atoms with Gasteiger partial charge in [-0.3, -0.25) is 4.79 Å². The number of fused-ring (bicyclic) bond motifs is 2. The summed E-state index contributed by atoms with van der Waals surface area (Å²) in [4.78, 5) is 15.9. The Kier molecular flexibility index (Phi) is 3.39. The van der Waals surface area contributed by atoms with Gasteiger partial charge in [0.25, 0.3) is 0 Å². The van der Waals surface area contributed by atoms with Crippen molar-refractivity contribution in [3.63, 3.8) is 0 Å². The predicted octanol–water partition coefficient (Wildman–Crippen LogP) is 2.41. The first kappa shape index (κ1) is 12.7. The maximum absolute atomic E-state index is 12.6. The van der Waals surface area contributed by atoms with Crippen LogP contribution in [-0.4, -0.2) is 18.1 Å². The maximum atomic E-state index is 12.6. The molecule has 102 valence electrons. The molecule has 2 aromatic carbocycles. The minimum absolute atomic E-state index is 0.00213. The first-order chi connectivity index (χ1) is 9.81. The van der Waals surface area contributed by atoms with E-state index in [9.17, 15) is 4.79 Å². The standard InChI is InChI=1S/C16H16N2O2/c17-9-4-10-20-14-8-3-7-13-15(14)16(19)11-5-1-2-6-12(11)18-13/h1-3,5-8H,4,9-10,17H2,(H,18,19). The van der Waals surface area contributed by atoms with Gasteiger partial charge in [-0.25, -0.2) is 0 Å². The number of aromatic nitrogens is 1. The lowest BCUT2D eigenvalue weighted by atomic mass is 10.1. The zero-order chi connectivity index (χ0) is 13.9. The van der Waals surface area contributed by atoms with Gasteiger partial charge in [0.15, 0.2) is 0 Å². The number of nitrogens with two attached hydrogens (primary N) is 1. The summed E-state index contributed by atoms with van der Waals surface area (Å²) >= 11 is 0. The van der Waals surface area contributed by atoms with E-state index in [0.717, 1.165) is 17.5 Å². The van der Waals surface area contributed by atoms with Crippen molar-refractivity contribution in [1.82, 2.24) is 4.98 Å². The van der Waals surface area contributed by atoms with Crippen LogP contribution < -0.4 is 15.9 Å². The molecule has 3 rings (SSSR count). The average molecular weight is 268 g/mol. The first-order valence-corrected chi connectivity index (χ1v) is 6.68. The summed E-state index contributed by atoms with van der Waals surface area (Å²) in [6, 6.07) is 13.1. The van der Waals surface area contributed by atoms with Crippen LogP contribution in [0.2, 0.25) is 0 Å². The Hall–Kier alpha value is -2.33. The normalized spacial score (nSPS) is 11.1. The number of hydrogen-bond acceptors (Lipinski definition) is 3. The third kappa shape index (κ3) is 2.14. The molecule has 0 aliphatic carbocycles. The Morgan fingerprint density at radius 1 is 1.05 bits per heavy atom. The van der Waals surface area contributed by atoms with Crippen molar-refractivity contribution >= 4 is 21.8 Å². The molecule has 0 atom stereocenters. The zero-order valence-electron chi connectivity index (χ0n) is 11.1. The highest BCUT2D eigenvalue weighted by Gasteiger charge is 2.09. The average Bonchev–Trinajstić information content (AvgIpc) is 2.48. The SMILES string of the molecule is NCCCOc1cccc2[nH]c3ccccc3c(=O)c12. The van der Waals surface area contributed by atoms with Gasteiger partial charge in [-0.2, -0.15) is 0 Å². The van der Waals surface area contributed by atoms with E-state index < -0.39 is 0 Å². The van der Waals surface area contributed by atoms with E-state index in [1.54, 1.807) is 0 Å². The summed E-state index contributed by atoms with van der Waals surface area (Å²) in [6.45, 7) is 1.09. The first-order valence-electron chi connectivity index (χ1n) is 6.68. The highest BCUT2D eigenvalue weighted by Crippen LogP contribution is 2.23. The molecule has 4 heteroatoms. The topological polar surface area (TPSA) is 68.1 Å². The molecular formula is C16H16N2O2. The Morgan fingerprint density at radius 2 is 1.85 bits per heavy atom. The molecule has 0 aliphatic heterocycles. The Morgan fingerprint density at radius 3 is 2.70 bits per heavy atom. The Labute approximate surface area is 116 Å². The molecule has 0 unspecified atom stereocenters. The van der Waals surface area contributed by atoms with Crippen LogP contribution in [0.4, 0.5) is 0 Å². The van der Waals surface area contributed by atoms with E-state index in [0.29, 0.717) is 29.7 Å². The van der Waals surface area contributed by atoms with Crippen molar-refractivity contribution in [2.45, 2.75) is 6.42 Å². The molecule has 3 N–H and O–H groups in total. The fourth-order valence-electron chi connectivity index (χ4n) is 2.33. The summed E-state index contributed by atoms with van der Waals surface area (Å²) in [7, 11) is 0. The van der Waals surface area contributed by atoms with Gasteiger partial charge in [0.05, 0.1) is 17.5 Å². The van der Waals surface area contributed by atoms with Crippen molar-refractivity contribution in [1.29, 1.82) is 0 Å². The highest BCUT2D eigenvalue weighted by atomic mass is 16.5. The third-order valence-corrected chi connectivity index (χ3v) is 3.30. The van der Waals surface area contributed by atoms with Gasteiger partial charge in [-0.05, 0) is 37.2 Å². The van der Waals surface area contributed by atoms with E-state index >= 15 is 0 Å². The van der Waals surface area contributed by atoms with Crippen molar-refractivity contribution in [3.8, 4) is 5.75 Å². The molecule has 1 heterocycles. The zero-order valence-corrected chi connectivity index (χ0v) is 11.1. The van der Waals surface area contributed by atoms with Crippen LogP contribution in [0.1, 0.15) is 6.42 Å². The largest absolute Gasteiger partial charge is 0.493 e. The molecule has 0 saturated heterocycles. The Balaban J connectivity index is 2.22. The van der Waals surface area contributed by atoms with Crippen LogP contribution in [-0.2, 0) is 0 Å². The van der Waals surface area contributed by atoms with E-state index in [-0.39, 0.29) is 5.43 Å². The van der Waals surface area contributed by atoms with Gasteiger partial charge in [0.2, 0.25) is 5.43 Å². The van der Waals surface area contributed by atoms with E-state index in [2.05, 4.69) is 4.98 Å². The van der Waals surface area contributed by atoms with Crippen LogP contribution >= 0.6 is 0 Å². The number of hydrogen-bond donors (Lipinski definition) is 2. The lowest BCUT2D eigenvalue weighted by molar-refractivity contribution is 0.317. The third-order valence-electron chi connectivity index (χ3n) is 3.30. The van der Waals surface area contributed by atoms with Crippen LogP contribution in [0.3, 0.4) is 0 Å². The number of para-hydroxylation sites is 1. The molecule has 0 radical (unpaired) electrons. The molecule has 0 spiro atoms. The summed E-state index contributed by atoms with van der Waals surface area (Å²) in [5.41, 5.74) is 7.09. The van der Waals surface area contributed by atoms with Crippen LogP contribution in [0.5, 0.6) is 5.75 Å². The molecule has 0 aliphatic rings. The van der Waals surface area contributed by atoms with Gasteiger partial charge in [-0.1, -0.05) is 18.2 Å². The number of nitrogens with one attached hydrogen (secondary N) is 1. The van der Waals surface area contributed by atoms with Crippen LogP contribution in [0.15, 0.2) is 47.3 Å². The lowest BCUT2D eigenvalue weighted by Gasteiger charge is -2.09. The molecule has 4 nitrogen and oxygen atoms in total. The Bertz CT molecular complexity index is 808. The van der Waals surface area contributed by atoms with Gasteiger partial charge in [0, 0.05) is 10.9 Å². The van der Waals surface area contributed by atoms with E-state index in [1.807, 2.05) is 42.5 Å². The molecule has 0 fully saturated rings. The van der Waals surface area contributed by atoms with Gasteiger partial charge in [-0.15, -0.1) is 0 Å². The molecule has 20 heavy (non-hydrogen) atoms. The summed E-state index contributed by atoms with van der Waals surface area (Å²) in [5.74, 6) is 0.614. The van der Waals surface area contributed by atoms with Crippen LogP contribution in [0, 0.1) is 0 Å². The maximum Gasteiger partial charge on any atom is 0.200 e. The van der Waals surface area contributed by atoms with Crippen molar-refractivity contribution < 1.29 is 4.74 Å².